The molecule has 0 spiro atoms. The molecule has 0 aliphatic heterocycles. The van der Waals surface area contributed by atoms with Crippen molar-refractivity contribution < 1.29 is 0 Å². The highest BCUT2D eigenvalue weighted by molar-refractivity contribution is 5.34. The lowest BCUT2D eigenvalue weighted by Crippen LogP contribution is -2.42. The largest absolute Gasteiger partial charge is 0.276 e. The van der Waals surface area contributed by atoms with Crippen LogP contribution in [0.1, 0.15) is 35.4 Å². The van der Waals surface area contributed by atoms with Gasteiger partial charge in [0.15, 0.2) is 0 Å². The molecule has 0 bridgehead atoms. The SMILES string of the molecule is Cn1cc(CC(NN)C2CCCc3ccccc32)cn1. The number of nitrogens with zero attached hydrogens (tertiary/aromatic N) is 2. The number of fused-ring (bicyclic) bond motifs is 1. The molecule has 0 saturated carbocycles. The molecule has 4 heteroatoms. The van der Waals surface area contributed by atoms with E-state index in [0.717, 1.165) is 6.42 Å². The van der Waals surface area contributed by atoms with Gasteiger partial charge in [-0.05, 0) is 42.4 Å². The van der Waals surface area contributed by atoms with E-state index in [4.69, 9.17) is 5.84 Å². The van der Waals surface area contributed by atoms with Crippen molar-refractivity contribution in [2.24, 2.45) is 12.9 Å². The van der Waals surface area contributed by atoms with Crippen molar-refractivity contribution in [2.75, 3.05) is 0 Å². The maximum atomic E-state index is 5.84. The first-order valence-corrected chi connectivity index (χ1v) is 7.29. The lowest BCUT2D eigenvalue weighted by Gasteiger charge is -2.32. The van der Waals surface area contributed by atoms with E-state index in [1.807, 2.05) is 17.9 Å². The number of rotatable bonds is 4. The molecule has 1 aromatic carbocycles. The van der Waals surface area contributed by atoms with Crippen molar-refractivity contribution in [1.29, 1.82) is 0 Å². The second-order valence-electron chi connectivity index (χ2n) is 5.70. The molecule has 1 aliphatic rings. The molecule has 2 unspecified atom stereocenters. The van der Waals surface area contributed by atoms with Gasteiger partial charge in [0, 0.05) is 25.2 Å². The van der Waals surface area contributed by atoms with Crippen molar-refractivity contribution in [3.05, 3.63) is 53.3 Å². The summed E-state index contributed by atoms with van der Waals surface area (Å²) < 4.78 is 1.84. The van der Waals surface area contributed by atoms with Crippen LogP contribution in [-0.4, -0.2) is 15.8 Å². The number of aryl methyl sites for hydroxylation is 2. The Bertz CT molecular complexity index is 575. The Balaban J connectivity index is 1.83. The molecule has 20 heavy (non-hydrogen) atoms. The molecule has 0 fully saturated rings. The minimum atomic E-state index is 0.264. The zero-order valence-corrected chi connectivity index (χ0v) is 11.9. The predicted molar refractivity (Wildman–Crippen MR) is 80.1 cm³/mol. The molecule has 1 aromatic heterocycles. The van der Waals surface area contributed by atoms with Gasteiger partial charge in [0.1, 0.15) is 0 Å². The lowest BCUT2D eigenvalue weighted by molar-refractivity contribution is 0.395. The van der Waals surface area contributed by atoms with Gasteiger partial charge in [-0.2, -0.15) is 5.10 Å². The summed E-state index contributed by atoms with van der Waals surface area (Å²) in [6.45, 7) is 0. The van der Waals surface area contributed by atoms with Crippen LogP contribution in [0.3, 0.4) is 0 Å². The summed E-state index contributed by atoms with van der Waals surface area (Å²) >= 11 is 0. The standard InChI is InChI=1S/C16H22N4/c1-20-11-12(10-18-20)9-16(19-17)15-8-4-6-13-5-2-3-7-14(13)15/h2-3,5,7,10-11,15-16,19H,4,6,8-9,17H2,1H3. The van der Waals surface area contributed by atoms with Gasteiger partial charge in [-0.3, -0.25) is 16.0 Å². The fraction of sp³-hybridized carbons (Fsp3) is 0.438. The van der Waals surface area contributed by atoms with E-state index in [1.165, 1.54) is 36.0 Å². The minimum absolute atomic E-state index is 0.264. The third kappa shape index (κ3) is 2.62. The Morgan fingerprint density at radius 1 is 1.45 bits per heavy atom. The number of hydrazine groups is 1. The summed E-state index contributed by atoms with van der Waals surface area (Å²) in [6, 6.07) is 9.04. The Morgan fingerprint density at radius 3 is 3.05 bits per heavy atom. The summed E-state index contributed by atoms with van der Waals surface area (Å²) in [5.74, 6) is 6.33. The van der Waals surface area contributed by atoms with Crippen LogP contribution >= 0.6 is 0 Å². The Kier molecular flexibility index (Phi) is 3.85. The first-order chi connectivity index (χ1) is 9.78. The van der Waals surface area contributed by atoms with Gasteiger partial charge in [-0.25, -0.2) is 0 Å². The van der Waals surface area contributed by atoms with Gasteiger partial charge >= 0.3 is 0 Å². The Hall–Kier alpha value is -1.65. The fourth-order valence-corrected chi connectivity index (χ4v) is 3.36. The van der Waals surface area contributed by atoms with E-state index >= 15 is 0 Å². The lowest BCUT2D eigenvalue weighted by atomic mass is 9.77. The highest BCUT2D eigenvalue weighted by Crippen LogP contribution is 2.34. The van der Waals surface area contributed by atoms with Crippen LogP contribution in [-0.2, 0) is 19.9 Å². The van der Waals surface area contributed by atoms with E-state index in [9.17, 15) is 0 Å². The zero-order chi connectivity index (χ0) is 13.9. The van der Waals surface area contributed by atoms with Gasteiger partial charge in [0.25, 0.3) is 0 Å². The molecule has 1 heterocycles. The first kappa shape index (κ1) is 13.3. The van der Waals surface area contributed by atoms with Crippen molar-refractivity contribution in [2.45, 2.75) is 37.6 Å². The third-order valence-electron chi connectivity index (χ3n) is 4.33. The minimum Gasteiger partial charge on any atom is -0.276 e. The van der Waals surface area contributed by atoms with Gasteiger partial charge in [-0.15, -0.1) is 0 Å². The van der Waals surface area contributed by atoms with Gasteiger partial charge < -0.3 is 0 Å². The van der Waals surface area contributed by atoms with Crippen molar-refractivity contribution >= 4 is 0 Å². The number of nitrogens with one attached hydrogen (secondary N) is 1. The summed E-state index contributed by atoms with van der Waals surface area (Å²) in [4.78, 5) is 0. The van der Waals surface area contributed by atoms with Crippen LogP contribution in [0.4, 0.5) is 0 Å². The normalized spacial score (nSPS) is 19.6. The van der Waals surface area contributed by atoms with E-state index in [0.29, 0.717) is 5.92 Å². The maximum absolute atomic E-state index is 5.84. The smallest absolute Gasteiger partial charge is 0.0522 e. The van der Waals surface area contributed by atoms with E-state index < -0.39 is 0 Å². The molecule has 2 atom stereocenters. The highest BCUT2D eigenvalue weighted by Gasteiger charge is 2.27. The van der Waals surface area contributed by atoms with Crippen molar-refractivity contribution in [3.8, 4) is 0 Å². The number of aromatic nitrogens is 2. The van der Waals surface area contributed by atoms with E-state index in [-0.39, 0.29) is 6.04 Å². The average Bonchev–Trinajstić information content (AvgIpc) is 2.89. The molecule has 3 rings (SSSR count). The highest BCUT2D eigenvalue weighted by atomic mass is 15.2. The van der Waals surface area contributed by atoms with E-state index in [1.54, 1.807) is 0 Å². The maximum Gasteiger partial charge on any atom is 0.0522 e. The summed E-state index contributed by atoms with van der Waals surface area (Å²) in [5.41, 5.74) is 7.21. The second-order valence-corrected chi connectivity index (χ2v) is 5.70. The summed E-state index contributed by atoms with van der Waals surface area (Å²) in [5, 5.41) is 4.24. The number of hydrogen-bond donors (Lipinski definition) is 2. The quantitative estimate of drug-likeness (QED) is 0.659. The Morgan fingerprint density at radius 2 is 2.30 bits per heavy atom. The van der Waals surface area contributed by atoms with Crippen LogP contribution < -0.4 is 11.3 Å². The van der Waals surface area contributed by atoms with Crippen LogP contribution in [0.5, 0.6) is 0 Å². The van der Waals surface area contributed by atoms with Crippen molar-refractivity contribution in [3.63, 3.8) is 0 Å². The molecular formula is C16H22N4. The molecule has 3 N–H and O–H groups in total. The number of hydrogen-bond acceptors (Lipinski definition) is 3. The molecule has 106 valence electrons. The fourth-order valence-electron chi connectivity index (χ4n) is 3.36. The number of nitrogens with two attached hydrogens (primary N) is 1. The molecule has 2 aromatic rings. The Labute approximate surface area is 120 Å². The van der Waals surface area contributed by atoms with E-state index in [2.05, 4.69) is 41.0 Å². The summed E-state index contributed by atoms with van der Waals surface area (Å²) in [7, 11) is 1.95. The molecule has 0 amide bonds. The summed E-state index contributed by atoms with van der Waals surface area (Å²) in [6.07, 6.45) is 8.55. The van der Waals surface area contributed by atoms with Gasteiger partial charge in [-0.1, -0.05) is 24.3 Å². The zero-order valence-electron chi connectivity index (χ0n) is 11.9. The number of benzene rings is 1. The topological polar surface area (TPSA) is 55.9 Å². The molecule has 4 nitrogen and oxygen atoms in total. The first-order valence-electron chi connectivity index (χ1n) is 7.29. The molecule has 0 saturated heterocycles. The molecular weight excluding hydrogens is 248 g/mol. The predicted octanol–water partition coefficient (Wildman–Crippen LogP) is 1.91. The molecule has 1 aliphatic carbocycles. The van der Waals surface area contributed by atoms with Gasteiger partial charge in [0.05, 0.1) is 6.20 Å². The van der Waals surface area contributed by atoms with Crippen molar-refractivity contribution in [1.82, 2.24) is 15.2 Å². The van der Waals surface area contributed by atoms with Crippen LogP contribution in [0.25, 0.3) is 0 Å². The monoisotopic (exact) mass is 270 g/mol. The van der Waals surface area contributed by atoms with Gasteiger partial charge in [0.2, 0.25) is 0 Å². The van der Waals surface area contributed by atoms with Crippen LogP contribution in [0.2, 0.25) is 0 Å². The average molecular weight is 270 g/mol. The molecule has 0 radical (unpaired) electrons. The third-order valence-corrected chi connectivity index (χ3v) is 4.33. The van der Waals surface area contributed by atoms with Crippen LogP contribution in [0.15, 0.2) is 36.7 Å². The second kappa shape index (κ2) is 5.77. The van der Waals surface area contributed by atoms with Crippen LogP contribution in [0, 0.1) is 0 Å².